The van der Waals surface area contributed by atoms with Crippen molar-refractivity contribution in [3.63, 3.8) is 0 Å². The summed E-state index contributed by atoms with van der Waals surface area (Å²) in [6.45, 7) is 3.83. The van der Waals surface area contributed by atoms with Gasteiger partial charge in [-0.25, -0.2) is 4.98 Å². The molecule has 0 aromatic carbocycles. The van der Waals surface area contributed by atoms with Crippen LogP contribution in [-0.4, -0.2) is 11.5 Å². The van der Waals surface area contributed by atoms with Crippen molar-refractivity contribution in [2.75, 3.05) is 6.54 Å². The van der Waals surface area contributed by atoms with E-state index in [0.29, 0.717) is 0 Å². The number of nitrogens with zero attached hydrogens (tertiary/aromatic N) is 1. The number of nitrogens with one attached hydrogen (secondary N) is 1. The van der Waals surface area contributed by atoms with E-state index in [0.717, 1.165) is 43.1 Å². The van der Waals surface area contributed by atoms with Gasteiger partial charge in [-0.3, -0.25) is 0 Å². The quantitative estimate of drug-likeness (QED) is 0.783. The van der Waals surface area contributed by atoms with Gasteiger partial charge in [0.15, 0.2) is 0 Å². The highest BCUT2D eigenvalue weighted by molar-refractivity contribution is 7.07. The van der Waals surface area contributed by atoms with E-state index in [9.17, 15) is 0 Å². The van der Waals surface area contributed by atoms with Crippen LogP contribution in [0.2, 0.25) is 0 Å². The minimum Gasteiger partial charge on any atom is -0.465 e. The highest BCUT2D eigenvalue weighted by Gasteiger charge is 2.00. The van der Waals surface area contributed by atoms with E-state index in [-0.39, 0.29) is 0 Å². The Hall–Kier alpha value is -1.13. The van der Waals surface area contributed by atoms with E-state index in [4.69, 9.17) is 4.42 Å². The molecule has 0 saturated heterocycles. The fourth-order valence-electron chi connectivity index (χ4n) is 1.50. The lowest BCUT2D eigenvalue weighted by molar-refractivity contribution is 0.451. The molecule has 2 aromatic heterocycles. The van der Waals surface area contributed by atoms with Gasteiger partial charge in [-0.05, 0) is 12.1 Å². The average Bonchev–Trinajstić information content (AvgIpc) is 2.95. The van der Waals surface area contributed by atoms with Gasteiger partial charge >= 0.3 is 0 Å². The molecule has 0 bridgehead atoms. The standard InChI is InChI=1S/C12H16N2OS/c1-2-11-3-4-12(15-11)7-13-6-5-10-8-16-9-14-10/h3-4,8-9,13H,2,5-7H2,1H3. The molecule has 0 radical (unpaired) electrons. The molecule has 2 heterocycles. The van der Waals surface area contributed by atoms with Crippen LogP contribution in [0.5, 0.6) is 0 Å². The molecule has 86 valence electrons. The first-order chi connectivity index (χ1) is 7.88. The van der Waals surface area contributed by atoms with Crippen molar-refractivity contribution in [3.8, 4) is 0 Å². The molecule has 0 spiro atoms. The summed E-state index contributed by atoms with van der Waals surface area (Å²) in [5.74, 6) is 2.06. The van der Waals surface area contributed by atoms with Crippen molar-refractivity contribution >= 4 is 11.3 Å². The number of aromatic nitrogens is 1. The molecule has 16 heavy (non-hydrogen) atoms. The zero-order valence-corrected chi connectivity index (χ0v) is 10.2. The molecular weight excluding hydrogens is 220 g/mol. The van der Waals surface area contributed by atoms with Gasteiger partial charge < -0.3 is 9.73 Å². The second kappa shape index (κ2) is 5.82. The third-order valence-electron chi connectivity index (χ3n) is 2.41. The lowest BCUT2D eigenvalue weighted by Crippen LogP contribution is -2.16. The van der Waals surface area contributed by atoms with Crippen LogP contribution in [0.4, 0.5) is 0 Å². The van der Waals surface area contributed by atoms with Gasteiger partial charge in [0.1, 0.15) is 11.5 Å². The smallest absolute Gasteiger partial charge is 0.117 e. The fourth-order valence-corrected chi connectivity index (χ4v) is 2.09. The minimum atomic E-state index is 0.796. The van der Waals surface area contributed by atoms with Gasteiger partial charge in [0.2, 0.25) is 0 Å². The van der Waals surface area contributed by atoms with Crippen molar-refractivity contribution in [2.45, 2.75) is 26.3 Å². The minimum absolute atomic E-state index is 0.796. The third-order valence-corrected chi connectivity index (χ3v) is 3.04. The zero-order valence-electron chi connectivity index (χ0n) is 9.40. The summed E-state index contributed by atoms with van der Waals surface area (Å²) in [6.07, 6.45) is 1.93. The molecule has 0 fully saturated rings. The van der Waals surface area contributed by atoms with Gasteiger partial charge in [0, 0.05) is 24.8 Å². The predicted molar refractivity (Wildman–Crippen MR) is 65.6 cm³/mol. The zero-order chi connectivity index (χ0) is 11.2. The fraction of sp³-hybridized carbons (Fsp3) is 0.417. The summed E-state index contributed by atoms with van der Waals surface area (Å²) in [7, 11) is 0. The number of hydrogen-bond acceptors (Lipinski definition) is 4. The molecular formula is C12H16N2OS. The summed E-state index contributed by atoms with van der Waals surface area (Å²) in [6, 6.07) is 4.08. The lowest BCUT2D eigenvalue weighted by atomic mass is 10.3. The van der Waals surface area contributed by atoms with Gasteiger partial charge in [-0.15, -0.1) is 11.3 Å². The molecule has 1 N–H and O–H groups in total. The second-order valence-electron chi connectivity index (χ2n) is 3.63. The Balaban J connectivity index is 1.68. The molecule has 0 aliphatic rings. The normalized spacial score (nSPS) is 10.8. The van der Waals surface area contributed by atoms with Gasteiger partial charge in [-0.1, -0.05) is 6.92 Å². The molecule has 0 unspecified atom stereocenters. The second-order valence-corrected chi connectivity index (χ2v) is 4.35. The van der Waals surface area contributed by atoms with Gasteiger partial charge in [0.25, 0.3) is 0 Å². The van der Waals surface area contributed by atoms with Gasteiger partial charge in [-0.2, -0.15) is 0 Å². The molecule has 2 aromatic rings. The summed E-state index contributed by atoms with van der Waals surface area (Å²) < 4.78 is 5.59. The molecule has 0 atom stereocenters. The van der Waals surface area contributed by atoms with Crippen LogP contribution in [0.15, 0.2) is 27.4 Å². The number of aryl methyl sites for hydroxylation is 1. The van der Waals surface area contributed by atoms with E-state index in [1.54, 1.807) is 11.3 Å². The van der Waals surface area contributed by atoms with Crippen LogP contribution in [-0.2, 0) is 19.4 Å². The van der Waals surface area contributed by atoms with Crippen LogP contribution in [0.3, 0.4) is 0 Å². The summed E-state index contributed by atoms with van der Waals surface area (Å²) in [5.41, 5.74) is 3.03. The lowest BCUT2D eigenvalue weighted by Gasteiger charge is -2.00. The van der Waals surface area contributed by atoms with Crippen molar-refractivity contribution in [1.29, 1.82) is 0 Å². The van der Waals surface area contributed by atoms with Crippen LogP contribution in [0, 0.1) is 0 Å². The first-order valence-corrected chi connectivity index (χ1v) is 6.48. The largest absolute Gasteiger partial charge is 0.465 e. The van der Waals surface area contributed by atoms with Crippen LogP contribution < -0.4 is 5.32 Å². The Labute approximate surface area is 99.5 Å². The SMILES string of the molecule is CCc1ccc(CNCCc2cscn2)o1. The Morgan fingerprint density at radius 2 is 2.25 bits per heavy atom. The Kier molecular flexibility index (Phi) is 4.13. The van der Waals surface area contributed by atoms with E-state index < -0.39 is 0 Å². The van der Waals surface area contributed by atoms with Crippen molar-refractivity contribution in [2.24, 2.45) is 0 Å². The highest BCUT2D eigenvalue weighted by atomic mass is 32.1. The summed E-state index contributed by atoms with van der Waals surface area (Å²) in [5, 5.41) is 5.44. The van der Waals surface area contributed by atoms with E-state index in [2.05, 4.69) is 22.6 Å². The maximum atomic E-state index is 5.59. The monoisotopic (exact) mass is 236 g/mol. The number of furan rings is 1. The van der Waals surface area contributed by atoms with E-state index >= 15 is 0 Å². The Morgan fingerprint density at radius 1 is 1.38 bits per heavy atom. The average molecular weight is 236 g/mol. The maximum absolute atomic E-state index is 5.59. The van der Waals surface area contributed by atoms with E-state index in [1.165, 1.54) is 0 Å². The van der Waals surface area contributed by atoms with Crippen LogP contribution >= 0.6 is 11.3 Å². The summed E-state index contributed by atoms with van der Waals surface area (Å²) >= 11 is 1.64. The predicted octanol–water partition coefficient (Wildman–Crippen LogP) is 2.63. The first-order valence-electron chi connectivity index (χ1n) is 5.54. The summed E-state index contributed by atoms with van der Waals surface area (Å²) in [4.78, 5) is 4.23. The van der Waals surface area contributed by atoms with Crippen molar-refractivity contribution in [1.82, 2.24) is 10.3 Å². The molecule has 0 aliphatic heterocycles. The molecule has 0 saturated carbocycles. The third kappa shape index (κ3) is 3.18. The molecule has 0 aliphatic carbocycles. The van der Waals surface area contributed by atoms with Crippen LogP contribution in [0.1, 0.15) is 24.1 Å². The van der Waals surface area contributed by atoms with Gasteiger partial charge in [0.05, 0.1) is 17.7 Å². The number of rotatable bonds is 6. The molecule has 3 nitrogen and oxygen atoms in total. The molecule has 0 amide bonds. The molecule has 2 rings (SSSR count). The topological polar surface area (TPSA) is 38.1 Å². The molecule has 4 heteroatoms. The number of hydrogen-bond donors (Lipinski definition) is 1. The Morgan fingerprint density at radius 3 is 2.94 bits per heavy atom. The van der Waals surface area contributed by atoms with Crippen LogP contribution in [0.25, 0.3) is 0 Å². The highest BCUT2D eigenvalue weighted by Crippen LogP contribution is 2.07. The van der Waals surface area contributed by atoms with E-state index in [1.807, 2.05) is 17.6 Å². The van der Waals surface area contributed by atoms with Crippen molar-refractivity contribution < 1.29 is 4.42 Å². The first kappa shape index (κ1) is 11.4. The number of thiazole rings is 1. The maximum Gasteiger partial charge on any atom is 0.117 e. The Bertz CT molecular complexity index is 408. The van der Waals surface area contributed by atoms with Crippen molar-refractivity contribution in [3.05, 3.63) is 40.2 Å².